The van der Waals surface area contributed by atoms with Crippen molar-refractivity contribution in [1.29, 1.82) is 0 Å². The molecule has 2 aliphatic rings. The molecule has 0 bridgehead atoms. The van der Waals surface area contributed by atoms with Crippen LogP contribution in [0.1, 0.15) is 32.6 Å². The van der Waals surface area contributed by atoms with Crippen molar-refractivity contribution in [2.75, 3.05) is 63.2 Å². The Hall–Kier alpha value is -2.38. The number of nitrogens with one attached hydrogen (secondary N) is 2. The van der Waals surface area contributed by atoms with Crippen molar-refractivity contribution in [3.63, 3.8) is 0 Å². The highest BCUT2D eigenvalue weighted by molar-refractivity contribution is 5.91. The Kier molecular flexibility index (Phi) is 8.28. The van der Waals surface area contributed by atoms with E-state index in [0.717, 1.165) is 67.5 Å². The standard InChI is InChI=1S/C23H34N4O3/c1-3-27(21-7-5-4-6-8-21)23(29)18-25(2)17-22(28)24-19-9-11-20(12-10-19)26-13-15-30-16-14-26/h7,9-12H,3-6,8,13-18H2,1-2H3,(H,24,28)/p+1. The molecule has 1 aromatic carbocycles. The number of hydrogen-bond acceptors (Lipinski definition) is 4. The summed E-state index contributed by atoms with van der Waals surface area (Å²) in [6.07, 6.45) is 6.56. The van der Waals surface area contributed by atoms with E-state index in [4.69, 9.17) is 4.74 Å². The minimum atomic E-state index is -0.0839. The van der Waals surface area contributed by atoms with Gasteiger partial charge in [-0.15, -0.1) is 0 Å². The number of ether oxygens (including phenoxy) is 1. The van der Waals surface area contributed by atoms with Crippen LogP contribution >= 0.6 is 0 Å². The first-order valence-electron chi connectivity index (χ1n) is 11.1. The summed E-state index contributed by atoms with van der Waals surface area (Å²) in [6.45, 7) is 6.54. The second-order valence-electron chi connectivity index (χ2n) is 8.08. The average molecular weight is 416 g/mol. The van der Waals surface area contributed by atoms with E-state index in [2.05, 4.69) is 16.3 Å². The van der Waals surface area contributed by atoms with Crippen LogP contribution in [0.2, 0.25) is 0 Å². The fourth-order valence-corrected chi connectivity index (χ4v) is 4.08. The van der Waals surface area contributed by atoms with Gasteiger partial charge < -0.3 is 24.8 Å². The normalized spacial score (nSPS) is 17.8. The van der Waals surface area contributed by atoms with Crippen LogP contribution in [0.15, 0.2) is 36.0 Å². The topological polar surface area (TPSA) is 66.3 Å². The summed E-state index contributed by atoms with van der Waals surface area (Å²) in [7, 11) is 1.89. The number of carbonyl (C=O) groups is 2. The van der Waals surface area contributed by atoms with Crippen LogP contribution in [0.3, 0.4) is 0 Å². The van der Waals surface area contributed by atoms with E-state index < -0.39 is 0 Å². The van der Waals surface area contributed by atoms with Gasteiger partial charge in [0.2, 0.25) is 0 Å². The lowest BCUT2D eigenvalue weighted by molar-refractivity contribution is -0.862. The van der Waals surface area contributed by atoms with Gasteiger partial charge in [-0.2, -0.15) is 0 Å². The van der Waals surface area contributed by atoms with Crippen LogP contribution in [-0.2, 0) is 14.3 Å². The number of allylic oxidation sites excluding steroid dienone is 2. The van der Waals surface area contributed by atoms with Gasteiger partial charge in [0.25, 0.3) is 11.8 Å². The molecule has 164 valence electrons. The summed E-state index contributed by atoms with van der Waals surface area (Å²) < 4.78 is 5.39. The fourth-order valence-electron chi connectivity index (χ4n) is 4.08. The van der Waals surface area contributed by atoms with Crippen molar-refractivity contribution in [2.45, 2.75) is 32.6 Å². The number of rotatable bonds is 8. The minimum absolute atomic E-state index is 0.0839. The molecule has 1 saturated heterocycles. The Balaban J connectivity index is 1.46. The predicted molar refractivity (Wildman–Crippen MR) is 119 cm³/mol. The van der Waals surface area contributed by atoms with Gasteiger partial charge in [-0.05, 0) is 56.9 Å². The SMILES string of the molecule is CCN(C(=O)C[NH+](C)CC(=O)Nc1ccc(N2CCOCC2)cc1)C1=CCCCC1. The monoisotopic (exact) mass is 415 g/mol. The smallest absolute Gasteiger partial charge is 0.281 e. The summed E-state index contributed by atoms with van der Waals surface area (Å²) >= 11 is 0. The second kappa shape index (κ2) is 11.1. The highest BCUT2D eigenvalue weighted by Crippen LogP contribution is 2.21. The van der Waals surface area contributed by atoms with Gasteiger partial charge in [0.05, 0.1) is 20.3 Å². The van der Waals surface area contributed by atoms with E-state index in [9.17, 15) is 9.59 Å². The lowest BCUT2D eigenvalue weighted by Gasteiger charge is -2.29. The zero-order chi connectivity index (χ0) is 21.3. The summed E-state index contributed by atoms with van der Waals surface area (Å²) in [4.78, 5) is 30.2. The van der Waals surface area contributed by atoms with Crippen molar-refractivity contribution >= 4 is 23.2 Å². The molecule has 2 amide bonds. The van der Waals surface area contributed by atoms with Crippen LogP contribution in [0, 0.1) is 0 Å². The maximum atomic E-state index is 12.7. The van der Waals surface area contributed by atoms with Crippen molar-refractivity contribution < 1.29 is 19.2 Å². The third-order valence-corrected chi connectivity index (χ3v) is 5.67. The van der Waals surface area contributed by atoms with Gasteiger partial charge in [0, 0.05) is 36.7 Å². The van der Waals surface area contributed by atoms with Crippen LogP contribution in [0.25, 0.3) is 0 Å². The lowest BCUT2D eigenvalue weighted by Crippen LogP contribution is -3.11. The first-order valence-corrected chi connectivity index (χ1v) is 11.1. The Morgan fingerprint density at radius 1 is 1.13 bits per heavy atom. The second-order valence-corrected chi connectivity index (χ2v) is 8.08. The molecule has 1 aliphatic heterocycles. The number of likely N-dealkylation sites (N-methyl/N-ethyl adjacent to an activating group) is 2. The molecule has 2 N–H and O–H groups in total. The maximum Gasteiger partial charge on any atom is 0.281 e. The zero-order valence-electron chi connectivity index (χ0n) is 18.3. The third kappa shape index (κ3) is 6.31. The maximum absolute atomic E-state index is 12.7. The number of quaternary nitrogens is 1. The largest absolute Gasteiger partial charge is 0.378 e. The molecule has 0 aromatic heterocycles. The van der Waals surface area contributed by atoms with Crippen LogP contribution in [0.5, 0.6) is 0 Å². The molecule has 1 fully saturated rings. The number of carbonyl (C=O) groups excluding carboxylic acids is 2. The number of amides is 2. The van der Waals surface area contributed by atoms with Gasteiger partial charge in [-0.25, -0.2) is 0 Å². The molecule has 30 heavy (non-hydrogen) atoms. The van der Waals surface area contributed by atoms with Crippen molar-refractivity contribution in [3.8, 4) is 0 Å². The molecule has 0 spiro atoms. The number of benzene rings is 1. The van der Waals surface area contributed by atoms with Crippen LogP contribution in [0.4, 0.5) is 11.4 Å². The van der Waals surface area contributed by atoms with Crippen molar-refractivity contribution in [1.82, 2.24) is 4.90 Å². The van der Waals surface area contributed by atoms with E-state index in [1.807, 2.05) is 43.1 Å². The van der Waals surface area contributed by atoms with E-state index in [0.29, 0.717) is 13.1 Å². The van der Waals surface area contributed by atoms with E-state index in [-0.39, 0.29) is 18.4 Å². The van der Waals surface area contributed by atoms with Gasteiger partial charge in [-0.1, -0.05) is 6.08 Å². The quantitative estimate of drug-likeness (QED) is 0.671. The summed E-state index contributed by atoms with van der Waals surface area (Å²) in [5, 5.41) is 2.94. The van der Waals surface area contributed by atoms with Crippen LogP contribution in [-0.4, -0.2) is 69.7 Å². The minimum Gasteiger partial charge on any atom is -0.378 e. The molecular weight excluding hydrogens is 380 g/mol. The van der Waals surface area contributed by atoms with Gasteiger partial charge in [0.15, 0.2) is 13.1 Å². The molecule has 1 unspecified atom stereocenters. The fraction of sp³-hybridized carbons (Fsp3) is 0.565. The number of hydrogen-bond donors (Lipinski definition) is 2. The zero-order valence-corrected chi connectivity index (χ0v) is 18.3. The third-order valence-electron chi connectivity index (χ3n) is 5.67. The molecule has 3 rings (SSSR count). The van der Waals surface area contributed by atoms with Gasteiger partial charge in [0.1, 0.15) is 0 Å². The van der Waals surface area contributed by atoms with Crippen LogP contribution < -0.4 is 15.1 Å². The number of anilines is 2. The number of morpholine rings is 1. The summed E-state index contributed by atoms with van der Waals surface area (Å²) in [6, 6.07) is 7.91. The first kappa shape index (κ1) is 22.3. The lowest BCUT2D eigenvalue weighted by atomic mass is 10.0. The summed E-state index contributed by atoms with van der Waals surface area (Å²) in [5.74, 6) is 0.00478. The average Bonchev–Trinajstić information content (AvgIpc) is 2.76. The summed E-state index contributed by atoms with van der Waals surface area (Å²) in [5.41, 5.74) is 3.06. The van der Waals surface area contributed by atoms with Crippen molar-refractivity contribution in [2.24, 2.45) is 0 Å². The van der Waals surface area contributed by atoms with E-state index >= 15 is 0 Å². The molecule has 0 radical (unpaired) electrons. The molecule has 1 aromatic rings. The molecule has 7 heteroatoms. The molecule has 1 atom stereocenters. The number of nitrogens with zero attached hydrogens (tertiary/aromatic N) is 2. The van der Waals surface area contributed by atoms with Gasteiger partial charge >= 0.3 is 0 Å². The molecule has 7 nitrogen and oxygen atoms in total. The van der Waals surface area contributed by atoms with Gasteiger partial charge in [-0.3, -0.25) is 9.59 Å². The Labute approximate surface area is 179 Å². The molecular formula is C23H35N4O3+. The van der Waals surface area contributed by atoms with Crippen molar-refractivity contribution in [3.05, 3.63) is 36.0 Å². The Morgan fingerprint density at radius 3 is 2.50 bits per heavy atom. The molecule has 1 aliphatic carbocycles. The molecule has 0 saturated carbocycles. The van der Waals surface area contributed by atoms with E-state index in [1.165, 1.54) is 6.42 Å². The predicted octanol–water partition coefficient (Wildman–Crippen LogP) is 1.28. The highest BCUT2D eigenvalue weighted by atomic mass is 16.5. The highest BCUT2D eigenvalue weighted by Gasteiger charge is 2.22. The van der Waals surface area contributed by atoms with E-state index in [1.54, 1.807) is 0 Å². The first-order chi connectivity index (χ1) is 14.6. The Morgan fingerprint density at radius 2 is 1.87 bits per heavy atom. The Bertz CT molecular complexity index is 741. The molecule has 1 heterocycles.